The molecule has 0 atom stereocenters. The number of carboxylic acid groups (broad SMARTS) is 1. The Morgan fingerprint density at radius 2 is 1.86 bits per heavy atom. The third kappa shape index (κ3) is 4.59. The van der Waals surface area contributed by atoms with E-state index < -0.39 is 5.97 Å². The zero-order valence-electron chi connectivity index (χ0n) is 10.5. The fourth-order valence-corrected chi connectivity index (χ4v) is 2.90. The van der Waals surface area contributed by atoms with Gasteiger partial charge in [-0.25, -0.2) is 4.79 Å². The van der Waals surface area contributed by atoms with Gasteiger partial charge in [-0.15, -0.1) is 0 Å². The molecule has 21 heavy (non-hydrogen) atoms. The van der Waals surface area contributed by atoms with Crippen molar-refractivity contribution in [3.05, 3.63) is 62.0 Å². The van der Waals surface area contributed by atoms with E-state index in [4.69, 9.17) is 21.4 Å². The van der Waals surface area contributed by atoms with Crippen molar-refractivity contribution in [2.24, 2.45) is 0 Å². The molecule has 0 aliphatic rings. The second-order valence-electron chi connectivity index (χ2n) is 4.04. The Hall–Kier alpha value is -1.30. The fraction of sp³-hybridized carbons (Fsp3) is 0. The van der Waals surface area contributed by atoms with Crippen LogP contribution < -0.4 is 4.74 Å². The number of carbonyl (C=O) groups is 1. The molecular weight excluding hydrogens is 423 g/mol. The molecule has 0 fully saturated rings. The summed E-state index contributed by atoms with van der Waals surface area (Å²) in [5, 5.41) is 8.99. The molecule has 0 saturated carbocycles. The second-order valence-corrected chi connectivity index (χ2v) is 6.22. The minimum absolute atomic E-state index is 0.400. The number of benzene rings is 2. The Morgan fingerprint density at radius 1 is 1.14 bits per heavy atom. The lowest BCUT2D eigenvalue weighted by atomic mass is 10.2. The van der Waals surface area contributed by atoms with Gasteiger partial charge in [-0.05, 0) is 57.9 Å². The van der Waals surface area contributed by atoms with Crippen molar-refractivity contribution in [1.82, 2.24) is 0 Å². The van der Waals surface area contributed by atoms with Crippen LogP contribution in [0.25, 0.3) is 6.08 Å². The highest BCUT2D eigenvalue weighted by Gasteiger charge is 2.07. The first-order chi connectivity index (χ1) is 9.95. The molecular formula is C15H9Br2ClO3. The summed E-state index contributed by atoms with van der Waals surface area (Å²) in [7, 11) is 0. The van der Waals surface area contributed by atoms with Crippen molar-refractivity contribution < 1.29 is 14.6 Å². The number of rotatable bonds is 4. The number of ether oxygens (including phenoxy) is 1. The molecule has 0 aliphatic carbocycles. The van der Waals surface area contributed by atoms with Crippen molar-refractivity contribution >= 4 is 55.5 Å². The molecule has 0 saturated heterocycles. The first kappa shape index (κ1) is 16.1. The summed E-state index contributed by atoms with van der Waals surface area (Å²) in [6.07, 6.45) is 2.52. The minimum atomic E-state index is -1.01. The van der Waals surface area contributed by atoms with E-state index in [-0.39, 0.29) is 0 Å². The van der Waals surface area contributed by atoms with Crippen molar-refractivity contribution in [3.8, 4) is 11.5 Å². The highest BCUT2D eigenvalue weighted by Crippen LogP contribution is 2.35. The van der Waals surface area contributed by atoms with Crippen LogP contribution in [0.3, 0.4) is 0 Å². The van der Waals surface area contributed by atoms with E-state index in [1.54, 1.807) is 18.2 Å². The van der Waals surface area contributed by atoms with Crippen molar-refractivity contribution in [2.75, 3.05) is 0 Å². The molecule has 108 valence electrons. The van der Waals surface area contributed by atoms with E-state index in [2.05, 4.69) is 31.9 Å². The zero-order valence-corrected chi connectivity index (χ0v) is 14.4. The maximum absolute atomic E-state index is 10.5. The van der Waals surface area contributed by atoms with Gasteiger partial charge < -0.3 is 9.84 Å². The smallest absolute Gasteiger partial charge is 0.328 e. The van der Waals surface area contributed by atoms with Crippen LogP contribution in [0.4, 0.5) is 0 Å². The summed E-state index contributed by atoms with van der Waals surface area (Å²) < 4.78 is 7.46. The lowest BCUT2D eigenvalue weighted by Gasteiger charge is -2.10. The van der Waals surface area contributed by atoms with Crippen LogP contribution in [-0.4, -0.2) is 11.1 Å². The molecule has 0 aliphatic heterocycles. The topological polar surface area (TPSA) is 46.5 Å². The molecule has 0 heterocycles. The van der Waals surface area contributed by atoms with Crippen molar-refractivity contribution in [2.45, 2.75) is 0 Å². The largest absolute Gasteiger partial charge is 0.478 e. The second kappa shape index (κ2) is 7.11. The number of halogens is 3. The van der Waals surface area contributed by atoms with Crippen LogP contribution in [0.2, 0.25) is 5.02 Å². The van der Waals surface area contributed by atoms with Gasteiger partial charge in [0.05, 0.1) is 9.50 Å². The first-order valence-electron chi connectivity index (χ1n) is 5.79. The van der Waals surface area contributed by atoms with Crippen LogP contribution in [0.15, 0.2) is 51.4 Å². The Kier molecular flexibility index (Phi) is 5.45. The summed E-state index contributed by atoms with van der Waals surface area (Å²) >= 11 is 12.9. The Labute approximate surface area is 143 Å². The monoisotopic (exact) mass is 430 g/mol. The average molecular weight is 432 g/mol. The highest BCUT2D eigenvalue weighted by molar-refractivity contribution is 9.11. The molecule has 3 nitrogen and oxygen atoms in total. The fourth-order valence-electron chi connectivity index (χ4n) is 1.55. The minimum Gasteiger partial charge on any atom is -0.478 e. The number of hydrogen-bond acceptors (Lipinski definition) is 2. The van der Waals surface area contributed by atoms with Gasteiger partial charge >= 0.3 is 5.97 Å². The van der Waals surface area contributed by atoms with Gasteiger partial charge in [0.25, 0.3) is 0 Å². The van der Waals surface area contributed by atoms with E-state index in [9.17, 15) is 4.79 Å². The molecule has 0 radical (unpaired) electrons. The third-order valence-electron chi connectivity index (χ3n) is 2.49. The lowest BCUT2D eigenvalue weighted by molar-refractivity contribution is -0.131. The maximum atomic E-state index is 10.5. The summed E-state index contributed by atoms with van der Waals surface area (Å²) in [5.41, 5.74) is 0.685. The van der Waals surface area contributed by atoms with Gasteiger partial charge in [-0.3, -0.25) is 0 Å². The summed E-state index contributed by atoms with van der Waals surface area (Å²) in [6.45, 7) is 0. The molecule has 0 unspecified atom stereocenters. The Bertz CT molecular complexity index is 714. The van der Waals surface area contributed by atoms with Crippen LogP contribution in [-0.2, 0) is 4.79 Å². The molecule has 1 N–H and O–H groups in total. The predicted molar refractivity (Wildman–Crippen MR) is 90.0 cm³/mol. The number of aliphatic carboxylic acids is 1. The van der Waals surface area contributed by atoms with Gasteiger partial charge in [0, 0.05) is 10.5 Å². The van der Waals surface area contributed by atoms with E-state index in [1.165, 1.54) is 6.08 Å². The third-order valence-corrected chi connectivity index (χ3v) is 3.90. The summed E-state index contributed by atoms with van der Waals surface area (Å²) in [5.74, 6) is 0.117. The molecule has 2 aromatic carbocycles. The van der Waals surface area contributed by atoms with Crippen LogP contribution in [0.5, 0.6) is 11.5 Å². The lowest BCUT2D eigenvalue weighted by Crippen LogP contribution is -1.88. The Balaban J connectivity index is 2.23. The summed E-state index contributed by atoms with van der Waals surface area (Å²) in [4.78, 5) is 10.5. The van der Waals surface area contributed by atoms with Gasteiger partial charge in [-0.2, -0.15) is 0 Å². The van der Waals surface area contributed by atoms with Crippen molar-refractivity contribution in [3.63, 3.8) is 0 Å². The molecule has 0 amide bonds. The van der Waals surface area contributed by atoms with Crippen LogP contribution >= 0.6 is 43.5 Å². The van der Waals surface area contributed by atoms with E-state index in [1.807, 2.05) is 18.2 Å². The molecule has 0 aromatic heterocycles. The van der Waals surface area contributed by atoms with E-state index in [0.717, 1.165) is 15.0 Å². The van der Waals surface area contributed by atoms with Gasteiger partial charge in [0.1, 0.15) is 11.5 Å². The Morgan fingerprint density at radius 3 is 2.48 bits per heavy atom. The standard InChI is InChI=1S/C15H9Br2ClO3/c16-10-3-5-13(11(17)8-10)21-14-4-1-9(7-12(14)18)2-6-15(19)20/h1-8H,(H,19,20)/b6-2+. The van der Waals surface area contributed by atoms with Gasteiger partial charge in [-0.1, -0.05) is 33.6 Å². The predicted octanol–water partition coefficient (Wildman–Crippen LogP) is 5.76. The van der Waals surface area contributed by atoms with Crippen LogP contribution in [0, 0.1) is 0 Å². The molecule has 6 heteroatoms. The highest BCUT2D eigenvalue weighted by atomic mass is 79.9. The molecule has 2 rings (SSSR count). The van der Waals surface area contributed by atoms with E-state index >= 15 is 0 Å². The molecule has 0 spiro atoms. The normalized spacial score (nSPS) is 10.8. The average Bonchev–Trinajstić information content (AvgIpc) is 2.42. The number of hydrogen-bond donors (Lipinski definition) is 1. The zero-order chi connectivity index (χ0) is 15.4. The first-order valence-corrected chi connectivity index (χ1v) is 7.75. The van der Waals surface area contributed by atoms with Gasteiger partial charge in [0.2, 0.25) is 0 Å². The summed E-state index contributed by atoms with van der Waals surface area (Å²) in [6, 6.07) is 10.6. The van der Waals surface area contributed by atoms with E-state index in [0.29, 0.717) is 22.1 Å². The maximum Gasteiger partial charge on any atom is 0.328 e. The van der Waals surface area contributed by atoms with Crippen molar-refractivity contribution in [1.29, 1.82) is 0 Å². The van der Waals surface area contributed by atoms with Gasteiger partial charge in [0.15, 0.2) is 0 Å². The SMILES string of the molecule is O=C(O)/C=C/c1ccc(Oc2ccc(Br)cc2Br)c(Cl)c1. The molecule has 0 bridgehead atoms. The van der Waals surface area contributed by atoms with Crippen LogP contribution in [0.1, 0.15) is 5.56 Å². The quantitative estimate of drug-likeness (QED) is 0.626. The molecule has 2 aromatic rings. The number of carboxylic acids is 1.